The second-order valence-corrected chi connectivity index (χ2v) is 7.06. The first kappa shape index (κ1) is 13.3. The van der Waals surface area contributed by atoms with Crippen LogP contribution in [0.15, 0.2) is 0 Å². The Balaban J connectivity index is 1.66. The second kappa shape index (κ2) is 6.18. The minimum absolute atomic E-state index is 0.580. The molecule has 0 radical (unpaired) electrons. The average Bonchev–Trinajstić information content (AvgIpc) is 2.86. The Bertz CT molecular complexity index is 400. The van der Waals surface area contributed by atoms with Crippen molar-refractivity contribution in [3.63, 3.8) is 0 Å². The van der Waals surface area contributed by atoms with Gasteiger partial charge in [0.05, 0.1) is 0 Å². The van der Waals surface area contributed by atoms with Crippen LogP contribution in [0.1, 0.15) is 50.0 Å². The van der Waals surface area contributed by atoms with E-state index in [0.717, 1.165) is 16.1 Å². The van der Waals surface area contributed by atoms with Gasteiger partial charge in [-0.2, -0.15) is 0 Å². The molecule has 19 heavy (non-hydrogen) atoms. The third-order valence-corrected chi connectivity index (χ3v) is 5.29. The Labute approximate surface area is 119 Å². The van der Waals surface area contributed by atoms with Gasteiger partial charge in [-0.1, -0.05) is 30.6 Å². The van der Waals surface area contributed by atoms with E-state index in [0.29, 0.717) is 12.1 Å². The van der Waals surface area contributed by atoms with Crippen LogP contribution >= 0.6 is 11.3 Å². The molecule has 0 bridgehead atoms. The lowest BCUT2D eigenvalue weighted by atomic mass is 9.77. The summed E-state index contributed by atoms with van der Waals surface area (Å²) in [7, 11) is 0. The van der Waals surface area contributed by atoms with Gasteiger partial charge < -0.3 is 10.6 Å². The zero-order chi connectivity index (χ0) is 13.1. The quantitative estimate of drug-likeness (QED) is 0.894. The van der Waals surface area contributed by atoms with Crippen LogP contribution in [0.2, 0.25) is 0 Å². The molecule has 3 rings (SSSR count). The number of nitrogens with one attached hydrogen (secondary N) is 2. The van der Waals surface area contributed by atoms with Crippen LogP contribution in [0, 0.1) is 12.8 Å². The van der Waals surface area contributed by atoms with Gasteiger partial charge in [-0.05, 0) is 45.1 Å². The molecular weight excluding hydrogens is 256 g/mol. The molecule has 1 aliphatic carbocycles. The third kappa shape index (κ3) is 3.26. The maximum absolute atomic E-state index is 4.23. The molecule has 0 amide bonds. The molecule has 2 fully saturated rings. The van der Waals surface area contributed by atoms with E-state index in [4.69, 9.17) is 0 Å². The van der Waals surface area contributed by atoms with E-state index in [9.17, 15) is 0 Å². The van der Waals surface area contributed by atoms with Crippen molar-refractivity contribution >= 4 is 16.5 Å². The molecule has 0 spiro atoms. The third-order valence-electron chi connectivity index (χ3n) is 4.52. The number of aryl methyl sites for hydroxylation is 1. The van der Waals surface area contributed by atoms with Gasteiger partial charge >= 0.3 is 0 Å². The lowest BCUT2D eigenvalue weighted by Crippen LogP contribution is -2.48. The minimum atomic E-state index is 0.580. The normalized spacial score (nSPS) is 32.2. The van der Waals surface area contributed by atoms with E-state index < -0.39 is 0 Å². The van der Waals surface area contributed by atoms with E-state index in [1.807, 2.05) is 6.92 Å². The van der Waals surface area contributed by atoms with Crippen LogP contribution in [0.4, 0.5) is 5.13 Å². The van der Waals surface area contributed by atoms with Crippen molar-refractivity contribution in [1.82, 2.24) is 15.5 Å². The summed E-state index contributed by atoms with van der Waals surface area (Å²) < 4.78 is 0. The Morgan fingerprint density at radius 1 is 1.11 bits per heavy atom. The van der Waals surface area contributed by atoms with E-state index in [-0.39, 0.29) is 0 Å². The fourth-order valence-electron chi connectivity index (χ4n) is 3.58. The van der Waals surface area contributed by atoms with Crippen LogP contribution in [0.3, 0.4) is 0 Å². The van der Waals surface area contributed by atoms with Crippen LogP contribution in [-0.2, 0) is 0 Å². The monoisotopic (exact) mass is 280 g/mol. The average molecular weight is 280 g/mol. The highest BCUT2D eigenvalue weighted by molar-refractivity contribution is 7.15. The summed E-state index contributed by atoms with van der Waals surface area (Å²) in [6.45, 7) is 3.22. The highest BCUT2D eigenvalue weighted by Gasteiger charge is 2.32. The van der Waals surface area contributed by atoms with Crippen molar-refractivity contribution in [3.8, 4) is 0 Å². The first-order chi connectivity index (χ1) is 9.33. The van der Waals surface area contributed by atoms with E-state index in [2.05, 4.69) is 20.8 Å². The molecule has 1 aromatic rings. The van der Waals surface area contributed by atoms with Crippen LogP contribution in [-0.4, -0.2) is 28.8 Å². The predicted octanol–water partition coefficient (Wildman–Crippen LogP) is 2.96. The summed E-state index contributed by atoms with van der Waals surface area (Å²) in [6, 6.07) is 1.29. The predicted molar refractivity (Wildman–Crippen MR) is 79.7 cm³/mol. The number of hydrogen-bond acceptors (Lipinski definition) is 5. The van der Waals surface area contributed by atoms with Gasteiger partial charge in [-0.15, -0.1) is 10.2 Å². The standard InChI is InChI=1S/C14H24N4S/c1-10-17-18-14(19-10)16-13-8-3-2-6-11(13)12-7-4-5-9-15-12/h11-13,15H,2-9H2,1H3,(H,16,18). The molecule has 0 aromatic carbocycles. The van der Waals surface area contributed by atoms with E-state index in [1.165, 1.54) is 51.5 Å². The van der Waals surface area contributed by atoms with Gasteiger partial charge in [0.1, 0.15) is 5.01 Å². The summed E-state index contributed by atoms with van der Waals surface area (Å²) >= 11 is 1.68. The molecule has 1 aliphatic heterocycles. The minimum Gasteiger partial charge on any atom is -0.357 e. The number of aromatic nitrogens is 2. The summed E-state index contributed by atoms with van der Waals surface area (Å²) in [4.78, 5) is 0. The molecule has 3 unspecified atom stereocenters. The van der Waals surface area contributed by atoms with Gasteiger partial charge in [-0.25, -0.2) is 0 Å². The van der Waals surface area contributed by atoms with Gasteiger partial charge in [0, 0.05) is 12.1 Å². The van der Waals surface area contributed by atoms with Crippen molar-refractivity contribution < 1.29 is 0 Å². The smallest absolute Gasteiger partial charge is 0.205 e. The Hall–Kier alpha value is -0.680. The number of rotatable bonds is 3. The Morgan fingerprint density at radius 3 is 2.68 bits per heavy atom. The largest absolute Gasteiger partial charge is 0.357 e. The topological polar surface area (TPSA) is 49.8 Å². The summed E-state index contributed by atoms with van der Waals surface area (Å²) in [6.07, 6.45) is 9.44. The van der Waals surface area contributed by atoms with E-state index in [1.54, 1.807) is 11.3 Å². The van der Waals surface area contributed by atoms with Crippen molar-refractivity contribution in [2.24, 2.45) is 5.92 Å². The molecule has 106 valence electrons. The van der Waals surface area contributed by atoms with Crippen LogP contribution < -0.4 is 10.6 Å². The first-order valence-electron chi connectivity index (χ1n) is 7.63. The highest BCUT2D eigenvalue weighted by atomic mass is 32.1. The van der Waals surface area contributed by atoms with Crippen molar-refractivity contribution in [2.75, 3.05) is 11.9 Å². The molecule has 1 aromatic heterocycles. The highest BCUT2D eigenvalue weighted by Crippen LogP contribution is 2.32. The lowest BCUT2D eigenvalue weighted by molar-refractivity contribution is 0.217. The van der Waals surface area contributed by atoms with Crippen LogP contribution in [0.25, 0.3) is 0 Å². The zero-order valence-corrected chi connectivity index (χ0v) is 12.5. The molecule has 3 atom stereocenters. The Morgan fingerprint density at radius 2 is 1.95 bits per heavy atom. The molecule has 2 heterocycles. The van der Waals surface area contributed by atoms with Crippen molar-refractivity contribution in [3.05, 3.63) is 5.01 Å². The van der Waals surface area contributed by atoms with Gasteiger partial charge in [0.2, 0.25) is 5.13 Å². The fourth-order valence-corrected chi connectivity index (χ4v) is 4.23. The van der Waals surface area contributed by atoms with Crippen molar-refractivity contribution in [2.45, 2.75) is 64.0 Å². The van der Waals surface area contributed by atoms with Gasteiger partial charge in [0.25, 0.3) is 0 Å². The van der Waals surface area contributed by atoms with Crippen LogP contribution in [0.5, 0.6) is 0 Å². The number of piperidine rings is 1. The molecule has 2 aliphatic rings. The Kier molecular flexibility index (Phi) is 4.33. The molecule has 2 N–H and O–H groups in total. The molecule has 4 nitrogen and oxygen atoms in total. The molecular formula is C14H24N4S. The SMILES string of the molecule is Cc1nnc(NC2CCCCC2C2CCCCN2)s1. The van der Waals surface area contributed by atoms with Crippen molar-refractivity contribution in [1.29, 1.82) is 0 Å². The maximum atomic E-state index is 4.23. The zero-order valence-electron chi connectivity index (χ0n) is 11.7. The van der Waals surface area contributed by atoms with E-state index >= 15 is 0 Å². The fraction of sp³-hybridized carbons (Fsp3) is 0.857. The number of nitrogens with zero attached hydrogens (tertiary/aromatic N) is 2. The first-order valence-corrected chi connectivity index (χ1v) is 8.44. The number of hydrogen-bond donors (Lipinski definition) is 2. The second-order valence-electron chi connectivity index (χ2n) is 5.88. The molecule has 1 saturated carbocycles. The van der Waals surface area contributed by atoms with Gasteiger partial charge in [0.15, 0.2) is 0 Å². The maximum Gasteiger partial charge on any atom is 0.205 e. The van der Waals surface area contributed by atoms with Gasteiger partial charge in [-0.3, -0.25) is 0 Å². The lowest BCUT2D eigenvalue weighted by Gasteiger charge is -2.39. The molecule has 5 heteroatoms. The number of anilines is 1. The molecule has 1 saturated heterocycles. The summed E-state index contributed by atoms with van der Waals surface area (Å²) in [5.41, 5.74) is 0. The summed E-state index contributed by atoms with van der Waals surface area (Å²) in [5.74, 6) is 0.762. The summed E-state index contributed by atoms with van der Waals surface area (Å²) in [5, 5.41) is 17.8.